The van der Waals surface area contributed by atoms with E-state index in [0.29, 0.717) is 19.3 Å². The molecule has 0 bridgehead atoms. The van der Waals surface area contributed by atoms with Crippen molar-refractivity contribution >= 4 is 0 Å². The van der Waals surface area contributed by atoms with Crippen molar-refractivity contribution in [1.29, 1.82) is 0 Å². The van der Waals surface area contributed by atoms with Crippen LogP contribution in [-0.2, 0) is 9.47 Å². The summed E-state index contributed by atoms with van der Waals surface area (Å²) in [6.45, 7) is 4.00. The zero-order valence-corrected chi connectivity index (χ0v) is 6.95. The standard InChI is InChI=1S/C8H16O3/c1-2-7(9)5-10-4-3-8-6-11-8/h7-9H,2-6H2,1H3. The Kier molecular flexibility index (Phi) is 3.83. The third kappa shape index (κ3) is 4.35. The molecular formula is C8H16O3. The highest BCUT2D eigenvalue weighted by molar-refractivity contribution is 4.67. The van der Waals surface area contributed by atoms with Gasteiger partial charge in [0, 0.05) is 6.61 Å². The van der Waals surface area contributed by atoms with E-state index in [0.717, 1.165) is 19.4 Å². The minimum absolute atomic E-state index is 0.296. The number of aliphatic hydroxyl groups excluding tert-OH is 1. The molecule has 0 aromatic rings. The third-order valence-corrected chi connectivity index (χ3v) is 1.77. The lowest BCUT2D eigenvalue weighted by molar-refractivity contribution is 0.0322. The van der Waals surface area contributed by atoms with Gasteiger partial charge in [-0.05, 0) is 12.8 Å². The number of epoxide rings is 1. The second-order valence-corrected chi connectivity index (χ2v) is 2.88. The fourth-order valence-electron chi connectivity index (χ4n) is 0.787. The largest absolute Gasteiger partial charge is 0.391 e. The van der Waals surface area contributed by atoms with E-state index in [1.807, 2.05) is 6.92 Å². The average molecular weight is 160 g/mol. The summed E-state index contributed by atoms with van der Waals surface area (Å²) in [5.41, 5.74) is 0. The zero-order valence-electron chi connectivity index (χ0n) is 6.95. The Bertz CT molecular complexity index is 102. The van der Waals surface area contributed by atoms with Crippen molar-refractivity contribution in [3.05, 3.63) is 0 Å². The van der Waals surface area contributed by atoms with Crippen LogP contribution in [0.15, 0.2) is 0 Å². The van der Waals surface area contributed by atoms with E-state index in [-0.39, 0.29) is 6.10 Å². The summed E-state index contributed by atoms with van der Waals surface area (Å²) in [6.07, 6.45) is 1.87. The fraction of sp³-hybridized carbons (Fsp3) is 1.00. The normalized spacial score (nSPS) is 25.1. The molecule has 1 fully saturated rings. The summed E-state index contributed by atoms with van der Waals surface area (Å²) in [5, 5.41) is 9.08. The maximum Gasteiger partial charge on any atom is 0.0831 e. The summed E-state index contributed by atoms with van der Waals surface area (Å²) < 4.78 is 10.2. The van der Waals surface area contributed by atoms with E-state index in [1.54, 1.807) is 0 Å². The Hall–Kier alpha value is -0.120. The predicted molar refractivity (Wildman–Crippen MR) is 41.5 cm³/mol. The van der Waals surface area contributed by atoms with Gasteiger partial charge < -0.3 is 14.6 Å². The van der Waals surface area contributed by atoms with Crippen molar-refractivity contribution in [2.45, 2.75) is 32.0 Å². The van der Waals surface area contributed by atoms with Crippen LogP contribution in [-0.4, -0.2) is 37.1 Å². The van der Waals surface area contributed by atoms with Gasteiger partial charge in [-0.2, -0.15) is 0 Å². The minimum Gasteiger partial charge on any atom is -0.391 e. The highest BCUT2D eigenvalue weighted by Gasteiger charge is 2.21. The summed E-state index contributed by atoms with van der Waals surface area (Å²) in [5.74, 6) is 0. The molecule has 11 heavy (non-hydrogen) atoms. The molecule has 66 valence electrons. The van der Waals surface area contributed by atoms with Crippen LogP contribution in [0.1, 0.15) is 19.8 Å². The molecule has 1 aliphatic rings. The zero-order chi connectivity index (χ0) is 8.10. The molecule has 0 aliphatic carbocycles. The first-order chi connectivity index (χ1) is 5.33. The Balaban J connectivity index is 1.79. The van der Waals surface area contributed by atoms with Crippen LogP contribution in [0.4, 0.5) is 0 Å². The molecule has 2 atom stereocenters. The summed E-state index contributed by atoms with van der Waals surface area (Å²) in [6, 6.07) is 0. The van der Waals surface area contributed by atoms with Crippen molar-refractivity contribution in [2.24, 2.45) is 0 Å². The molecule has 0 aromatic carbocycles. The minimum atomic E-state index is -0.296. The molecule has 0 spiro atoms. The molecule has 1 saturated heterocycles. The SMILES string of the molecule is CCC(O)COCCC1CO1. The van der Waals surface area contributed by atoms with Gasteiger partial charge in [-0.3, -0.25) is 0 Å². The van der Waals surface area contributed by atoms with Gasteiger partial charge in [0.2, 0.25) is 0 Å². The molecule has 0 saturated carbocycles. The Morgan fingerprint density at radius 3 is 3.00 bits per heavy atom. The topological polar surface area (TPSA) is 42.0 Å². The number of hydrogen-bond acceptors (Lipinski definition) is 3. The van der Waals surface area contributed by atoms with Crippen LogP contribution >= 0.6 is 0 Å². The van der Waals surface area contributed by atoms with Gasteiger partial charge in [-0.1, -0.05) is 6.92 Å². The van der Waals surface area contributed by atoms with Gasteiger partial charge in [0.1, 0.15) is 0 Å². The summed E-state index contributed by atoms with van der Waals surface area (Å²) >= 11 is 0. The second kappa shape index (κ2) is 4.70. The Labute approximate surface area is 67.3 Å². The van der Waals surface area contributed by atoms with Crippen LogP contribution in [0.25, 0.3) is 0 Å². The molecule has 3 heteroatoms. The Morgan fingerprint density at radius 1 is 1.73 bits per heavy atom. The maximum absolute atomic E-state index is 9.08. The van der Waals surface area contributed by atoms with E-state index in [9.17, 15) is 0 Å². The molecule has 0 aromatic heterocycles. The van der Waals surface area contributed by atoms with E-state index < -0.39 is 0 Å². The first-order valence-electron chi connectivity index (χ1n) is 4.20. The average Bonchev–Trinajstić information content (AvgIpc) is 2.81. The lowest BCUT2D eigenvalue weighted by atomic mass is 10.3. The molecule has 1 N–H and O–H groups in total. The maximum atomic E-state index is 9.08. The van der Waals surface area contributed by atoms with Gasteiger partial charge >= 0.3 is 0 Å². The van der Waals surface area contributed by atoms with Crippen molar-refractivity contribution in [1.82, 2.24) is 0 Å². The monoisotopic (exact) mass is 160 g/mol. The van der Waals surface area contributed by atoms with Crippen molar-refractivity contribution < 1.29 is 14.6 Å². The predicted octanol–water partition coefficient (Wildman–Crippen LogP) is 0.563. The summed E-state index contributed by atoms with van der Waals surface area (Å²) in [4.78, 5) is 0. The summed E-state index contributed by atoms with van der Waals surface area (Å²) in [7, 11) is 0. The van der Waals surface area contributed by atoms with Gasteiger partial charge in [0.15, 0.2) is 0 Å². The first-order valence-corrected chi connectivity index (χ1v) is 4.20. The van der Waals surface area contributed by atoms with Crippen LogP contribution in [0, 0.1) is 0 Å². The van der Waals surface area contributed by atoms with Crippen molar-refractivity contribution in [2.75, 3.05) is 19.8 Å². The Morgan fingerprint density at radius 2 is 2.45 bits per heavy atom. The number of aliphatic hydroxyl groups is 1. The first kappa shape index (κ1) is 8.97. The van der Waals surface area contributed by atoms with Gasteiger partial charge in [0.25, 0.3) is 0 Å². The molecule has 1 aliphatic heterocycles. The quantitative estimate of drug-likeness (QED) is 0.456. The smallest absolute Gasteiger partial charge is 0.0831 e. The van der Waals surface area contributed by atoms with E-state index in [1.165, 1.54) is 0 Å². The number of ether oxygens (including phenoxy) is 2. The molecule has 3 nitrogen and oxygen atoms in total. The van der Waals surface area contributed by atoms with Crippen LogP contribution < -0.4 is 0 Å². The molecule has 1 heterocycles. The van der Waals surface area contributed by atoms with E-state index in [4.69, 9.17) is 14.6 Å². The third-order valence-electron chi connectivity index (χ3n) is 1.77. The molecule has 0 amide bonds. The highest BCUT2D eigenvalue weighted by atomic mass is 16.6. The van der Waals surface area contributed by atoms with Crippen molar-refractivity contribution in [3.63, 3.8) is 0 Å². The van der Waals surface area contributed by atoms with Crippen LogP contribution in [0.3, 0.4) is 0 Å². The van der Waals surface area contributed by atoms with Crippen LogP contribution in [0.5, 0.6) is 0 Å². The number of hydrogen-bond donors (Lipinski definition) is 1. The van der Waals surface area contributed by atoms with Gasteiger partial charge in [-0.25, -0.2) is 0 Å². The van der Waals surface area contributed by atoms with Crippen LogP contribution in [0.2, 0.25) is 0 Å². The lowest BCUT2D eigenvalue weighted by Crippen LogP contribution is -2.14. The molecule has 1 rings (SSSR count). The van der Waals surface area contributed by atoms with E-state index >= 15 is 0 Å². The second-order valence-electron chi connectivity index (χ2n) is 2.88. The van der Waals surface area contributed by atoms with Crippen molar-refractivity contribution in [3.8, 4) is 0 Å². The van der Waals surface area contributed by atoms with Gasteiger partial charge in [0.05, 0.1) is 25.4 Å². The number of rotatable bonds is 6. The molecule has 2 unspecified atom stereocenters. The highest BCUT2D eigenvalue weighted by Crippen LogP contribution is 2.12. The fourth-order valence-corrected chi connectivity index (χ4v) is 0.787. The molecular weight excluding hydrogens is 144 g/mol. The lowest BCUT2D eigenvalue weighted by Gasteiger charge is -2.07. The van der Waals surface area contributed by atoms with Gasteiger partial charge in [-0.15, -0.1) is 0 Å². The van der Waals surface area contributed by atoms with E-state index in [2.05, 4.69) is 0 Å². The molecule has 0 radical (unpaired) electrons.